The van der Waals surface area contributed by atoms with Crippen LogP contribution in [0.1, 0.15) is 91.0 Å². The molecule has 4 N–H and O–H groups in total. The van der Waals surface area contributed by atoms with Crippen molar-refractivity contribution >= 4 is 46.1 Å². The average Bonchev–Trinajstić information content (AvgIpc) is 4.02. The van der Waals surface area contributed by atoms with Gasteiger partial charge in [-0.25, -0.2) is 19.6 Å². The molecule has 306 valence electrons. The number of carboxylic acid groups (broad SMARTS) is 2. The number of likely N-dealkylation sites (N-methyl/N-ethyl adjacent to an activating group) is 2. The molecule has 0 saturated carbocycles. The third-order valence-electron chi connectivity index (χ3n) is 11.9. The van der Waals surface area contributed by atoms with Crippen LogP contribution in [0.3, 0.4) is 0 Å². The fraction of sp³-hybridized carbons (Fsp3) is 0.455. The molecule has 0 unspecified atom stereocenters. The highest BCUT2D eigenvalue weighted by Crippen LogP contribution is 2.36. The Kier molecular flexibility index (Phi) is 11.5. The number of rotatable bonds is 12. The lowest BCUT2D eigenvalue weighted by molar-refractivity contribution is -0.139. The van der Waals surface area contributed by atoms with Crippen LogP contribution in [0.15, 0.2) is 60.7 Å². The summed E-state index contributed by atoms with van der Waals surface area (Å²) >= 11 is 0. The molecule has 2 aliphatic heterocycles. The van der Waals surface area contributed by atoms with Gasteiger partial charge < -0.3 is 30.0 Å². The van der Waals surface area contributed by atoms with Gasteiger partial charge in [-0.1, -0.05) is 64.1 Å². The smallest absolute Gasteiger partial charge is 0.407 e. The molecular weight excluding hydrogens is 737 g/mol. The monoisotopic (exact) mass is 790 g/mol. The molecule has 0 radical (unpaired) electrons. The van der Waals surface area contributed by atoms with Crippen LogP contribution in [0.25, 0.3) is 44.3 Å². The van der Waals surface area contributed by atoms with E-state index in [4.69, 9.17) is 9.97 Å². The lowest BCUT2D eigenvalue weighted by Crippen LogP contribution is -2.53. The van der Waals surface area contributed by atoms with E-state index < -0.39 is 24.3 Å². The van der Waals surface area contributed by atoms with E-state index in [2.05, 4.69) is 46.4 Å². The second kappa shape index (κ2) is 16.5. The van der Waals surface area contributed by atoms with Gasteiger partial charge in [0.05, 0.1) is 34.2 Å². The van der Waals surface area contributed by atoms with Gasteiger partial charge in [0.2, 0.25) is 11.8 Å². The summed E-state index contributed by atoms with van der Waals surface area (Å²) in [6.45, 7) is 12.6. The maximum absolute atomic E-state index is 13.8. The highest BCUT2D eigenvalue weighted by molar-refractivity contribution is 5.88. The van der Waals surface area contributed by atoms with Crippen LogP contribution in [0.4, 0.5) is 9.59 Å². The van der Waals surface area contributed by atoms with Crippen LogP contribution in [0.2, 0.25) is 0 Å². The van der Waals surface area contributed by atoms with Crippen molar-refractivity contribution < 1.29 is 29.4 Å². The number of benzene rings is 3. The first kappa shape index (κ1) is 40.3. The SMILES string of the molecule is CCN(C(=O)O)[C@H](C(=O)N1CCC[C@H]1c1nc2cc(-c3ccc(-c4ccc5[nH]c([C@@H]6CCCN6C(=O)[C@H](C(C)C)N(CC)C(=O)O)nc5c4)cc3)ccc2[nH]1)C(C)C. The predicted molar refractivity (Wildman–Crippen MR) is 222 cm³/mol. The number of carbonyl (C=O) groups is 4. The number of hydrogen-bond donors (Lipinski definition) is 4. The highest BCUT2D eigenvalue weighted by atomic mass is 16.4. The van der Waals surface area contributed by atoms with E-state index in [0.717, 1.165) is 70.0 Å². The van der Waals surface area contributed by atoms with Gasteiger partial charge in [-0.15, -0.1) is 0 Å². The van der Waals surface area contributed by atoms with Gasteiger partial charge in [0.15, 0.2) is 0 Å². The Hall–Kier alpha value is -5.92. The molecule has 14 nitrogen and oxygen atoms in total. The minimum Gasteiger partial charge on any atom is -0.465 e. The summed E-state index contributed by atoms with van der Waals surface area (Å²) in [6, 6.07) is 18.5. The molecule has 0 aliphatic carbocycles. The Morgan fingerprint density at radius 1 is 0.638 bits per heavy atom. The van der Waals surface area contributed by atoms with Gasteiger partial charge >= 0.3 is 12.2 Å². The summed E-state index contributed by atoms with van der Waals surface area (Å²) in [5, 5.41) is 19.6. The number of amides is 4. The molecule has 4 amide bonds. The van der Waals surface area contributed by atoms with Crippen LogP contribution in [-0.2, 0) is 9.59 Å². The zero-order chi connectivity index (χ0) is 41.4. The zero-order valence-corrected chi connectivity index (χ0v) is 34.1. The average molecular weight is 791 g/mol. The molecule has 2 aliphatic rings. The topological polar surface area (TPSA) is 179 Å². The van der Waals surface area contributed by atoms with Crippen LogP contribution in [-0.4, -0.2) is 112 Å². The van der Waals surface area contributed by atoms with Gasteiger partial charge in [0.25, 0.3) is 0 Å². The number of likely N-dealkylation sites (tertiary alicyclic amines) is 2. The Balaban J connectivity index is 1.08. The molecule has 5 aromatic rings. The molecule has 4 atom stereocenters. The van der Waals surface area contributed by atoms with E-state index in [-0.39, 0.29) is 48.8 Å². The molecule has 2 fully saturated rings. The third kappa shape index (κ3) is 7.59. The molecule has 14 heteroatoms. The zero-order valence-electron chi connectivity index (χ0n) is 34.1. The number of aromatic amines is 2. The van der Waals surface area contributed by atoms with E-state index in [1.54, 1.807) is 23.6 Å². The maximum Gasteiger partial charge on any atom is 0.407 e. The van der Waals surface area contributed by atoms with E-state index in [1.165, 1.54) is 9.80 Å². The first-order chi connectivity index (χ1) is 27.8. The van der Waals surface area contributed by atoms with E-state index in [1.807, 2.05) is 52.0 Å². The van der Waals surface area contributed by atoms with Crippen molar-refractivity contribution in [2.75, 3.05) is 26.2 Å². The molecular formula is C44H54N8O6. The summed E-state index contributed by atoms with van der Waals surface area (Å²) in [4.78, 5) is 74.5. The summed E-state index contributed by atoms with van der Waals surface area (Å²) < 4.78 is 0. The minimum absolute atomic E-state index is 0.175. The lowest BCUT2D eigenvalue weighted by atomic mass is 10.00. The fourth-order valence-electron chi connectivity index (χ4n) is 9.01. The summed E-state index contributed by atoms with van der Waals surface area (Å²) in [6.07, 6.45) is 0.946. The van der Waals surface area contributed by atoms with Crippen molar-refractivity contribution in [2.24, 2.45) is 11.8 Å². The van der Waals surface area contributed by atoms with Gasteiger partial charge in [-0.2, -0.15) is 0 Å². The van der Waals surface area contributed by atoms with Gasteiger partial charge in [-0.3, -0.25) is 19.4 Å². The number of fused-ring (bicyclic) bond motifs is 2. The van der Waals surface area contributed by atoms with Crippen molar-refractivity contribution in [1.82, 2.24) is 39.5 Å². The summed E-state index contributed by atoms with van der Waals surface area (Å²) in [5.41, 5.74) is 7.39. The van der Waals surface area contributed by atoms with Crippen molar-refractivity contribution in [1.29, 1.82) is 0 Å². The van der Waals surface area contributed by atoms with Gasteiger partial charge in [0.1, 0.15) is 23.7 Å². The second-order valence-electron chi connectivity index (χ2n) is 16.2. The molecule has 2 aromatic heterocycles. The van der Waals surface area contributed by atoms with Crippen molar-refractivity contribution in [2.45, 2.75) is 91.4 Å². The van der Waals surface area contributed by atoms with Gasteiger partial charge in [-0.05, 0) is 97.9 Å². The standard InChI is InChI=1S/C44H54N8O6/c1-7-49(43(55)56)37(25(3)4)41(53)51-21-9-11-35(51)39-45-31-19-17-29(23-33(31)47-39)27-13-15-28(16-14-27)30-18-20-32-34(24-30)48-40(46-32)36-12-10-22-52(36)42(54)38(26(5)6)50(8-2)44(57)58/h13-20,23-26,35-38H,7-12,21-22H2,1-6H3,(H,45,47)(H,46,48)(H,55,56)(H,57,58)/t35-,36-,37-,38-/m0/s1. The number of nitrogens with zero attached hydrogens (tertiary/aromatic N) is 6. The predicted octanol–water partition coefficient (Wildman–Crippen LogP) is 8.15. The number of carbonyl (C=O) groups excluding carboxylic acids is 2. The fourth-order valence-corrected chi connectivity index (χ4v) is 9.01. The number of imidazole rings is 2. The Bertz CT molecular complexity index is 2150. The number of nitrogens with one attached hydrogen (secondary N) is 2. The Morgan fingerprint density at radius 3 is 1.33 bits per heavy atom. The Morgan fingerprint density at radius 2 is 1.00 bits per heavy atom. The number of aromatic nitrogens is 4. The van der Waals surface area contributed by atoms with Crippen LogP contribution < -0.4 is 0 Å². The molecule has 4 heterocycles. The first-order valence-corrected chi connectivity index (χ1v) is 20.5. The minimum atomic E-state index is -1.09. The van der Waals surface area contributed by atoms with Gasteiger partial charge in [0, 0.05) is 26.2 Å². The quantitative estimate of drug-likeness (QED) is 0.0978. The number of H-pyrrole nitrogens is 2. The maximum atomic E-state index is 13.8. The van der Waals surface area contributed by atoms with Crippen LogP contribution >= 0.6 is 0 Å². The van der Waals surface area contributed by atoms with E-state index >= 15 is 0 Å². The largest absolute Gasteiger partial charge is 0.465 e. The number of hydrogen-bond acceptors (Lipinski definition) is 6. The van der Waals surface area contributed by atoms with Crippen molar-refractivity contribution in [3.05, 3.63) is 72.3 Å². The van der Waals surface area contributed by atoms with Crippen LogP contribution in [0.5, 0.6) is 0 Å². The molecule has 7 rings (SSSR count). The normalized spacial score (nSPS) is 18.1. The van der Waals surface area contributed by atoms with Crippen molar-refractivity contribution in [3.8, 4) is 22.3 Å². The Labute approximate surface area is 338 Å². The highest BCUT2D eigenvalue weighted by Gasteiger charge is 2.42. The molecule has 0 bridgehead atoms. The molecule has 2 saturated heterocycles. The molecule has 58 heavy (non-hydrogen) atoms. The molecule has 0 spiro atoms. The summed E-state index contributed by atoms with van der Waals surface area (Å²) in [5.74, 6) is 0.706. The van der Waals surface area contributed by atoms with Crippen LogP contribution in [0, 0.1) is 11.8 Å². The van der Waals surface area contributed by atoms with E-state index in [0.29, 0.717) is 24.7 Å². The lowest BCUT2D eigenvalue weighted by Gasteiger charge is -2.35. The first-order valence-electron chi connectivity index (χ1n) is 20.5. The second-order valence-corrected chi connectivity index (χ2v) is 16.2. The third-order valence-corrected chi connectivity index (χ3v) is 11.9. The van der Waals surface area contributed by atoms with E-state index in [9.17, 15) is 29.4 Å². The summed E-state index contributed by atoms with van der Waals surface area (Å²) in [7, 11) is 0. The molecule has 3 aromatic carbocycles. The van der Waals surface area contributed by atoms with Crippen molar-refractivity contribution in [3.63, 3.8) is 0 Å².